The minimum atomic E-state index is -4.09. The van der Waals surface area contributed by atoms with Crippen LogP contribution in [0.25, 0.3) is 0 Å². The van der Waals surface area contributed by atoms with Gasteiger partial charge in [0, 0.05) is 11.1 Å². The molecule has 1 atom stereocenters. The van der Waals surface area contributed by atoms with Crippen LogP contribution in [0.15, 0.2) is 53.4 Å². The summed E-state index contributed by atoms with van der Waals surface area (Å²) < 4.78 is 33.6. The molecule has 186 valence electrons. The van der Waals surface area contributed by atoms with Crippen LogP contribution >= 0.6 is 11.6 Å². The van der Waals surface area contributed by atoms with Crippen molar-refractivity contribution in [3.05, 3.63) is 59.1 Å². The summed E-state index contributed by atoms with van der Waals surface area (Å²) in [5.74, 6) is -1.62. The van der Waals surface area contributed by atoms with Crippen LogP contribution in [-0.2, 0) is 24.3 Å². The quantitative estimate of drug-likeness (QED) is 0.323. The van der Waals surface area contributed by atoms with E-state index in [4.69, 9.17) is 11.6 Å². The lowest BCUT2D eigenvalue weighted by Crippen LogP contribution is -2.50. The van der Waals surface area contributed by atoms with E-state index in [0.717, 1.165) is 30.6 Å². The highest BCUT2D eigenvalue weighted by atomic mass is 35.5. The summed E-state index contributed by atoms with van der Waals surface area (Å²) >= 11 is 5.97. The van der Waals surface area contributed by atoms with E-state index in [1.807, 2.05) is 0 Å². The fraction of sp³-hybridized carbons (Fsp3) is 0.400. The zero-order chi connectivity index (χ0) is 25.2. The van der Waals surface area contributed by atoms with Crippen molar-refractivity contribution in [3.63, 3.8) is 0 Å². The van der Waals surface area contributed by atoms with Gasteiger partial charge in [-0.05, 0) is 61.4 Å². The number of amides is 2. The number of imide groups is 1. The number of esters is 1. The molecule has 0 N–H and O–H groups in total. The van der Waals surface area contributed by atoms with Gasteiger partial charge in [0.2, 0.25) is 15.9 Å². The van der Waals surface area contributed by atoms with Gasteiger partial charge >= 0.3 is 5.97 Å². The maximum absolute atomic E-state index is 13.8. The number of benzene rings is 2. The van der Waals surface area contributed by atoms with E-state index in [-0.39, 0.29) is 28.6 Å². The zero-order valence-corrected chi connectivity index (χ0v) is 20.9. The summed E-state index contributed by atoms with van der Waals surface area (Å²) in [7, 11) is -2.83. The van der Waals surface area contributed by atoms with Crippen LogP contribution in [0.3, 0.4) is 0 Å². The van der Waals surface area contributed by atoms with Crippen LogP contribution in [0.1, 0.15) is 55.3 Å². The number of rotatable bonds is 6. The number of hydrogen-bond acceptors (Lipinski definition) is 6. The van der Waals surface area contributed by atoms with Crippen LogP contribution in [0.2, 0.25) is 5.02 Å². The van der Waals surface area contributed by atoms with Gasteiger partial charge in [-0.3, -0.25) is 9.59 Å². The molecule has 4 rings (SSSR count). The van der Waals surface area contributed by atoms with Gasteiger partial charge in [-0.15, -0.1) is 0 Å². The summed E-state index contributed by atoms with van der Waals surface area (Å²) in [6.07, 6.45) is 4.71. The Bertz CT molecular complexity index is 1210. The van der Waals surface area contributed by atoms with Crippen molar-refractivity contribution in [1.29, 1.82) is 0 Å². The predicted molar refractivity (Wildman–Crippen MR) is 131 cm³/mol. The van der Waals surface area contributed by atoms with Crippen LogP contribution in [0, 0.1) is 0 Å². The number of carbonyl (C=O) groups is 3. The van der Waals surface area contributed by atoms with E-state index in [1.165, 1.54) is 59.9 Å². The third-order valence-corrected chi connectivity index (χ3v) is 8.78. The van der Waals surface area contributed by atoms with Crippen LogP contribution in [0.4, 0.5) is 5.69 Å². The molecule has 2 aromatic carbocycles. The molecule has 0 aromatic heterocycles. The highest BCUT2D eigenvalue weighted by Crippen LogP contribution is 2.35. The molecule has 2 fully saturated rings. The molecule has 0 bridgehead atoms. The summed E-state index contributed by atoms with van der Waals surface area (Å²) in [6.45, 7) is 0. The van der Waals surface area contributed by atoms with Gasteiger partial charge in [0.1, 0.15) is 6.04 Å². The highest BCUT2D eigenvalue weighted by Gasteiger charge is 2.49. The second kappa shape index (κ2) is 10.5. The first-order valence-electron chi connectivity index (χ1n) is 11.6. The molecule has 1 aliphatic carbocycles. The summed E-state index contributed by atoms with van der Waals surface area (Å²) in [5.41, 5.74) is 0.553. The third-order valence-electron chi connectivity index (χ3n) is 6.55. The first-order valence-corrected chi connectivity index (χ1v) is 13.4. The number of ether oxygens (including phenoxy) is 1. The van der Waals surface area contributed by atoms with Gasteiger partial charge in [-0.2, -0.15) is 4.31 Å². The van der Waals surface area contributed by atoms with Gasteiger partial charge in [-0.1, -0.05) is 37.3 Å². The fourth-order valence-corrected chi connectivity index (χ4v) is 6.76. The minimum Gasteiger partial charge on any atom is -0.465 e. The average Bonchev–Trinajstić information content (AvgIpc) is 3.00. The monoisotopic (exact) mass is 518 g/mol. The zero-order valence-electron chi connectivity index (χ0n) is 19.4. The molecule has 1 saturated heterocycles. The van der Waals surface area contributed by atoms with E-state index in [0.29, 0.717) is 17.9 Å². The number of hydrogen-bond donors (Lipinski definition) is 0. The largest absolute Gasteiger partial charge is 0.465 e. The minimum absolute atomic E-state index is 0.0345. The van der Waals surface area contributed by atoms with Crippen LogP contribution < -0.4 is 4.90 Å². The van der Waals surface area contributed by atoms with E-state index in [1.54, 1.807) is 0 Å². The van der Waals surface area contributed by atoms with E-state index in [9.17, 15) is 22.8 Å². The fourth-order valence-electron chi connectivity index (χ4n) is 4.81. The number of anilines is 1. The number of sulfonamides is 1. The van der Waals surface area contributed by atoms with E-state index < -0.39 is 33.8 Å². The number of halogens is 1. The molecule has 2 aromatic rings. The van der Waals surface area contributed by atoms with Crippen LogP contribution in [-0.4, -0.2) is 49.7 Å². The number of methoxy groups -OCH3 is 1. The smallest absolute Gasteiger partial charge is 0.337 e. The van der Waals surface area contributed by atoms with Gasteiger partial charge < -0.3 is 4.74 Å². The van der Waals surface area contributed by atoms with Crippen molar-refractivity contribution in [2.24, 2.45) is 0 Å². The van der Waals surface area contributed by atoms with Crippen LogP contribution in [0.5, 0.6) is 0 Å². The molecule has 1 saturated carbocycles. The summed E-state index contributed by atoms with van der Waals surface area (Å²) in [5, 5.41) is 0.402. The van der Waals surface area contributed by atoms with Crippen molar-refractivity contribution in [2.75, 3.05) is 12.0 Å². The highest BCUT2D eigenvalue weighted by molar-refractivity contribution is 7.89. The molecule has 2 amide bonds. The van der Waals surface area contributed by atoms with Gasteiger partial charge in [0.15, 0.2) is 0 Å². The second-order valence-corrected chi connectivity index (χ2v) is 11.0. The predicted octanol–water partition coefficient (Wildman–Crippen LogP) is 4.17. The Morgan fingerprint density at radius 3 is 2.14 bits per heavy atom. The number of nitrogens with zero attached hydrogens (tertiary/aromatic N) is 2. The molecule has 1 heterocycles. The molecule has 35 heavy (non-hydrogen) atoms. The average molecular weight is 519 g/mol. The Morgan fingerprint density at radius 1 is 0.971 bits per heavy atom. The Kier molecular flexibility index (Phi) is 7.59. The van der Waals surface area contributed by atoms with Crippen molar-refractivity contribution in [1.82, 2.24) is 4.31 Å². The molecule has 1 unspecified atom stereocenters. The van der Waals surface area contributed by atoms with Gasteiger partial charge in [-0.25, -0.2) is 18.1 Å². The maximum atomic E-state index is 13.8. The van der Waals surface area contributed by atoms with Crippen molar-refractivity contribution in [2.45, 2.75) is 61.9 Å². The second-order valence-electron chi connectivity index (χ2n) is 8.76. The van der Waals surface area contributed by atoms with Crippen molar-refractivity contribution >= 4 is 45.1 Å². The Hall–Kier alpha value is -2.75. The molecule has 0 radical (unpaired) electrons. The molecule has 1 aliphatic heterocycles. The van der Waals surface area contributed by atoms with Crippen molar-refractivity contribution < 1.29 is 27.5 Å². The van der Waals surface area contributed by atoms with Crippen molar-refractivity contribution in [3.8, 4) is 0 Å². The van der Waals surface area contributed by atoms with Gasteiger partial charge in [0.05, 0.1) is 29.7 Å². The van der Waals surface area contributed by atoms with E-state index in [2.05, 4.69) is 4.74 Å². The molecular weight excluding hydrogens is 492 g/mol. The SMILES string of the molecule is COC(=O)c1ccc(N2C(=O)CC(N(C3CCCCCC3)S(=O)(=O)c3ccc(Cl)cc3)C2=O)cc1. The third kappa shape index (κ3) is 5.12. The normalized spacial score (nSPS) is 19.7. The Labute approximate surface area is 209 Å². The summed E-state index contributed by atoms with van der Waals surface area (Å²) in [6, 6.07) is 10.2. The lowest BCUT2D eigenvalue weighted by Gasteiger charge is -2.33. The number of carbonyl (C=O) groups excluding carboxylic acids is 3. The Morgan fingerprint density at radius 2 is 1.57 bits per heavy atom. The lowest BCUT2D eigenvalue weighted by molar-refractivity contribution is -0.122. The Balaban J connectivity index is 1.70. The van der Waals surface area contributed by atoms with E-state index >= 15 is 0 Å². The molecule has 2 aliphatic rings. The standard InChI is InChI=1S/C25H27ClN2O6S/c1-34-25(31)17-8-12-19(13-9-17)27-23(29)16-22(24(27)30)28(20-6-4-2-3-5-7-20)35(32,33)21-14-10-18(26)11-15-21/h8-15,20,22H,2-7,16H2,1H3. The lowest BCUT2D eigenvalue weighted by atomic mass is 10.1. The molecular formula is C25H27ClN2O6S. The van der Waals surface area contributed by atoms with Gasteiger partial charge in [0.25, 0.3) is 5.91 Å². The molecule has 0 spiro atoms. The molecule has 10 heteroatoms. The first kappa shape index (κ1) is 25.3. The maximum Gasteiger partial charge on any atom is 0.337 e. The first-order chi connectivity index (χ1) is 16.7. The molecule has 8 nitrogen and oxygen atoms in total. The topological polar surface area (TPSA) is 101 Å². The summed E-state index contributed by atoms with van der Waals surface area (Å²) in [4.78, 5) is 39.4.